The van der Waals surface area contributed by atoms with Gasteiger partial charge >= 0.3 is 0 Å². The Kier molecular flexibility index (Phi) is 5.29. The molecule has 0 saturated carbocycles. The molecule has 1 aromatic carbocycles. The molecule has 5 heteroatoms. The third-order valence-electron chi connectivity index (χ3n) is 5.07. The molecule has 1 aliphatic heterocycles. The summed E-state index contributed by atoms with van der Waals surface area (Å²) in [6.45, 7) is 8.02. The summed E-state index contributed by atoms with van der Waals surface area (Å²) in [5.74, 6) is 1.19. The molecule has 25 heavy (non-hydrogen) atoms. The van der Waals surface area contributed by atoms with Crippen molar-refractivity contribution in [1.82, 2.24) is 9.88 Å². The predicted molar refractivity (Wildman–Crippen MR) is 102 cm³/mol. The normalized spacial score (nSPS) is 15.4. The number of pyridine rings is 1. The summed E-state index contributed by atoms with van der Waals surface area (Å²) in [7, 11) is 0. The number of thioether (sulfide) groups is 1. The highest BCUT2D eigenvalue weighted by Gasteiger charge is 2.21. The van der Waals surface area contributed by atoms with Crippen LogP contribution in [0.3, 0.4) is 0 Å². The number of nitriles is 1. The minimum atomic E-state index is 0.142. The first-order chi connectivity index (χ1) is 12.0. The van der Waals surface area contributed by atoms with Crippen LogP contribution in [0.1, 0.15) is 36.5 Å². The molecule has 1 aromatic heterocycles. The number of likely N-dealkylation sites (tertiary alicyclic amines) is 1. The van der Waals surface area contributed by atoms with Crippen molar-refractivity contribution in [3.05, 3.63) is 34.9 Å². The Hall–Kier alpha value is -2.06. The lowest BCUT2D eigenvalue weighted by Crippen LogP contribution is -2.38. The van der Waals surface area contributed by atoms with E-state index in [1.54, 1.807) is 0 Å². The summed E-state index contributed by atoms with van der Waals surface area (Å²) < 4.78 is 0. The van der Waals surface area contributed by atoms with Crippen LogP contribution in [0.25, 0.3) is 10.9 Å². The zero-order chi connectivity index (χ0) is 18.0. The fourth-order valence-corrected chi connectivity index (χ4v) is 3.99. The van der Waals surface area contributed by atoms with Gasteiger partial charge in [-0.2, -0.15) is 5.26 Å². The molecule has 4 nitrogen and oxygen atoms in total. The van der Waals surface area contributed by atoms with Crippen LogP contribution in [-0.2, 0) is 4.79 Å². The van der Waals surface area contributed by atoms with Gasteiger partial charge in [-0.1, -0.05) is 30.8 Å². The third kappa shape index (κ3) is 3.80. The number of carbonyl (C=O) groups is 1. The monoisotopic (exact) mass is 353 g/mol. The standard InChI is InChI=1S/C20H23N3OS/c1-13-6-8-23(9-7-13)18(24)12-25-20-17(11-21)10-16-5-4-14(2)15(3)19(16)22-20/h4-5,10,13H,6-9,12H2,1-3H3. The van der Waals surface area contributed by atoms with E-state index in [1.807, 2.05) is 30.0 Å². The molecule has 0 radical (unpaired) electrons. The van der Waals surface area contributed by atoms with E-state index >= 15 is 0 Å². The molecule has 0 bridgehead atoms. The highest BCUT2D eigenvalue weighted by Crippen LogP contribution is 2.28. The van der Waals surface area contributed by atoms with E-state index in [4.69, 9.17) is 4.98 Å². The van der Waals surface area contributed by atoms with Gasteiger partial charge in [-0.25, -0.2) is 4.98 Å². The first-order valence-corrected chi connectivity index (χ1v) is 9.69. The maximum absolute atomic E-state index is 12.5. The van der Waals surface area contributed by atoms with Gasteiger partial charge < -0.3 is 4.90 Å². The molecular formula is C20H23N3OS. The SMILES string of the molecule is Cc1ccc2cc(C#N)c(SCC(=O)N3CCC(C)CC3)nc2c1C. The molecular weight excluding hydrogens is 330 g/mol. The van der Waals surface area contributed by atoms with Crippen molar-refractivity contribution >= 4 is 28.6 Å². The van der Waals surface area contributed by atoms with Gasteiger partial charge in [-0.3, -0.25) is 4.79 Å². The van der Waals surface area contributed by atoms with Crippen LogP contribution in [-0.4, -0.2) is 34.6 Å². The van der Waals surface area contributed by atoms with Crippen LogP contribution in [0.2, 0.25) is 0 Å². The number of aromatic nitrogens is 1. The second-order valence-corrected chi connectivity index (χ2v) is 7.85. The van der Waals surface area contributed by atoms with Crippen LogP contribution < -0.4 is 0 Å². The van der Waals surface area contributed by atoms with Gasteiger partial charge in [0, 0.05) is 18.5 Å². The molecule has 2 aromatic rings. The summed E-state index contributed by atoms with van der Waals surface area (Å²) in [4.78, 5) is 19.1. The minimum Gasteiger partial charge on any atom is -0.342 e. The van der Waals surface area contributed by atoms with Crippen LogP contribution >= 0.6 is 11.8 Å². The topological polar surface area (TPSA) is 57.0 Å². The first kappa shape index (κ1) is 17.8. The van der Waals surface area contributed by atoms with Crippen molar-refractivity contribution in [2.24, 2.45) is 5.92 Å². The number of fused-ring (bicyclic) bond motifs is 1. The number of piperidine rings is 1. The lowest BCUT2D eigenvalue weighted by atomic mass is 9.99. The molecule has 0 atom stereocenters. The van der Waals surface area contributed by atoms with E-state index in [0.29, 0.717) is 22.3 Å². The van der Waals surface area contributed by atoms with Gasteiger partial charge in [0.1, 0.15) is 11.1 Å². The molecule has 3 rings (SSSR count). The Morgan fingerprint density at radius 3 is 2.76 bits per heavy atom. The number of nitrogens with zero attached hydrogens (tertiary/aromatic N) is 3. The number of hydrogen-bond acceptors (Lipinski definition) is 4. The van der Waals surface area contributed by atoms with Gasteiger partial charge in [0.05, 0.1) is 16.8 Å². The highest BCUT2D eigenvalue weighted by atomic mass is 32.2. The molecule has 1 saturated heterocycles. The van der Waals surface area contributed by atoms with E-state index in [9.17, 15) is 10.1 Å². The Bertz CT molecular complexity index is 848. The van der Waals surface area contributed by atoms with E-state index in [0.717, 1.165) is 42.4 Å². The summed E-state index contributed by atoms with van der Waals surface area (Å²) in [5.41, 5.74) is 3.76. The Labute approximate surface area is 153 Å². The average molecular weight is 353 g/mol. The smallest absolute Gasteiger partial charge is 0.232 e. The lowest BCUT2D eigenvalue weighted by molar-refractivity contribution is -0.129. The molecule has 0 aliphatic carbocycles. The van der Waals surface area contributed by atoms with E-state index in [-0.39, 0.29) is 5.91 Å². The molecule has 1 amide bonds. The molecule has 130 valence electrons. The molecule has 0 unspecified atom stereocenters. The fourth-order valence-electron chi connectivity index (χ4n) is 3.14. The number of aryl methyl sites for hydroxylation is 2. The zero-order valence-electron chi connectivity index (χ0n) is 15.0. The maximum atomic E-state index is 12.5. The molecule has 2 heterocycles. The fraction of sp³-hybridized carbons (Fsp3) is 0.450. The number of amides is 1. The number of hydrogen-bond donors (Lipinski definition) is 0. The van der Waals surface area contributed by atoms with Crippen molar-refractivity contribution in [3.8, 4) is 6.07 Å². The van der Waals surface area contributed by atoms with Gasteiger partial charge in [0.2, 0.25) is 5.91 Å². The lowest BCUT2D eigenvalue weighted by Gasteiger charge is -2.30. The van der Waals surface area contributed by atoms with E-state index in [2.05, 4.69) is 19.9 Å². The summed E-state index contributed by atoms with van der Waals surface area (Å²) >= 11 is 1.38. The molecule has 0 spiro atoms. The second-order valence-electron chi connectivity index (χ2n) is 6.88. The predicted octanol–water partition coefficient (Wildman–Crippen LogP) is 4.07. The van der Waals surface area contributed by atoms with Gasteiger partial charge in [-0.05, 0) is 49.8 Å². The zero-order valence-corrected chi connectivity index (χ0v) is 15.8. The minimum absolute atomic E-state index is 0.142. The molecule has 0 N–H and O–H groups in total. The Balaban J connectivity index is 1.79. The van der Waals surface area contributed by atoms with Crippen molar-refractivity contribution in [3.63, 3.8) is 0 Å². The van der Waals surface area contributed by atoms with Crippen molar-refractivity contribution in [2.75, 3.05) is 18.8 Å². The first-order valence-electron chi connectivity index (χ1n) is 8.71. The van der Waals surface area contributed by atoms with E-state index < -0.39 is 0 Å². The summed E-state index contributed by atoms with van der Waals surface area (Å²) in [5, 5.41) is 11.1. The molecule has 1 fully saturated rings. The van der Waals surface area contributed by atoms with Crippen LogP contribution in [0, 0.1) is 31.1 Å². The average Bonchev–Trinajstić information content (AvgIpc) is 2.63. The highest BCUT2D eigenvalue weighted by molar-refractivity contribution is 8.00. The van der Waals surface area contributed by atoms with Gasteiger partial charge in [0.25, 0.3) is 0 Å². The van der Waals surface area contributed by atoms with Crippen molar-refractivity contribution in [2.45, 2.75) is 38.6 Å². The quantitative estimate of drug-likeness (QED) is 0.781. The maximum Gasteiger partial charge on any atom is 0.232 e. The summed E-state index contributed by atoms with van der Waals surface area (Å²) in [6, 6.07) is 8.15. The van der Waals surface area contributed by atoms with Crippen LogP contribution in [0.4, 0.5) is 0 Å². The Morgan fingerprint density at radius 1 is 1.36 bits per heavy atom. The second kappa shape index (κ2) is 7.45. The number of benzene rings is 1. The number of rotatable bonds is 3. The van der Waals surface area contributed by atoms with E-state index in [1.165, 1.54) is 17.3 Å². The largest absolute Gasteiger partial charge is 0.342 e. The van der Waals surface area contributed by atoms with Crippen molar-refractivity contribution in [1.29, 1.82) is 5.26 Å². The van der Waals surface area contributed by atoms with Crippen molar-refractivity contribution < 1.29 is 4.79 Å². The third-order valence-corrected chi connectivity index (χ3v) is 6.04. The van der Waals surface area contributed by atoms with Crippen LogP contribution in [0.15, 0.2) is 23.2 Å². The summed E-state index contributed by atoms with van der Waals surface area (Å²) in [6.07, 6.45) is 2.15. The molecule has 1 aliphatic rings. The number of carbonyl (C=O) groups excluding carboxylic acids is 1. The Morgan fingerprint density at radius 2 is 2.08 bits per heavy atom. The van der Waals surface area contributed by atoms with Crippen LogP contribution in [0.5, 0.6) is 0 Å². The van der Waals surface area contributed by atoms with Gasteiger partial charge in [0.15, 0.2) is 0 Å². The van der Waals surface area contributed by atoms with Gasteiger partial charge in [-0.15, -0.1) is 0 Å².